The van der Waals surface area contributed by atoms with Crippen LogP contribution in [0.4, 0.5) is 4.39 Å². The van der Waals surface area contributed by atoms with Crippen molar-refractivity contribution < 1.29 is 9.50 Å². The number of alkyl halides is 1. The molecule has 0 radical (unpaired) electrons. The van der Waals surface area contributed by atoms with Gasteiger partial charge in [-0.3, -0.25) is 0 Å². The zero-order valence-corrected chi connectivity index (χ0v) is 6.72. The fourth-order valence-electron chi connectivity index (χ4n) is 1.58. The number of nitrogens with two attached hydrogens (primary N) is 1. The van der Waals surface area contributed by atoms with Gasteiger partial charge in [0.1, 0.15) is 6.67 Å². The van der Waals surface area contributed by atoms with Gasteiger partial charge in [-0.15, -0.1) is 0 Å². The lowest BCUT2D eigenvalue weighted by atomic mass is 9.79. The van der Waals surface area contributed by atoms with E-state index in [1.165, 1.54) is 0 Å². The van der Waals surface area contributed by atoms with Gasteiger partial charge in [0.25, 0.3) is 0 Å². The molecular formula is C8H16FNO. The predicted molar refractivity (Wildman–Crippen MR) is 41.9 cm³/mol. The van der Waals surface area contributed by atoms with Crippen LogP contribution in [0.3, 0.4) is 0 Å². The van der Waals surface area contributed by atoms with Crippen molar-refractivity contribution in [1.82, 2.24) is 0 Å². The van der Waals surface area contributed by atoms with Gasteiger partial charge in [0.2, 0.25) is 0 Å². The van der Waals surface area contributed by atoms with Gasteiger partial charge in [0.15, 0.2) is 0 Å². The summed E-state index contributed by atoms with van der Waals surface area (Å²) in [7, 11) is 0. The lowest BCUT2D eigenvalue weighted by Gasteiger charge is -2.33. The van der Waals surface area contributed by atoms with Crippen LogP contribution in [0.25, 0.3) is 0 Å². The molecule has 3 N–H and O–H groups in total. The normalized spacial score (nSPS) is 39.0. The summed E-state index contributed by atoms with van der Waals surface area (Å²) in [6, 6.07) is 0. The van der Waals surface area contributed by atoms with Crippen molar-refractivity contribution in [1.29, 1.82) is 0 Å². The molecule has 1 rings (SSSR count). The highest BCUT2D eigenvalue weighted by atomic mass is 19.1. The van der Waals surface area contributed by atoms with Crippen molar-refractivity contribution in [3.8, 4) is 0 Å². The van der Waals surface area contributed by atoms with Crippen LogP contribution in [0.5, 0.6) is 0 Å². The Morgan fingerprint density at radius 3 is 2.36 bits per heavy atom. The van der Waals surface area contributed by atoms with Crippen LogP contribution < -0.4 is 5.73 Å². The van der Waals surface area contributed by atoms with E-state index in [0.29, 0.717) is 25.3 Å². The second kappa shape index (κ2) is 3.50. The summed E-state index contributed by atoms with van der Waals surface area (Å²) in [4.78, 5) is 0. The summed E-state index contributed by atoms with van der Waals surface area (Å²) >= 11 is 0. The Kier molecular flexibility index (Phi) is 2.84. The first-order valence-corrected chi connectivity index (χ1v) is 4.18. The van der Waals surface area contributed by atoms with Gasteiger partial charge in [-0.2, -0.15) is 0 Å². The minimum Gasteiger partial charge on any atom is -0.387 e. The molecule has 0 aromatic carbocycles. The number of aliphatic hydroxyl groups is 1. The maximum Gasteiger partial charge on any atom is 0.118 e. The molecular weight excluding hydrogens is 145 g/mol. The molecule has 0 spiro atoms. The first-order valence-electron chi connectivity index (χ1n) is 4.18. The Morgan fingerprint density at radius 2 is 2.00 bits per heavy atom. The number of rotatable bonds is 2. The van der Waals surface area contributed by atoms with Crippen molar-refractivity contribution in [2.24, 2.45) is 11.7 Å². The van der Waals surface area contributed by atoms with Crippen molar-refractivity contribution in [2.45, 2.75) is 31.3 Å². The summed E-state index contributed by atoms with van der Waals surface area (Å²) in [5, 5.41) is 9.48. The highest BCUT2D eigenvalue weighted by Crippen LogP contribution is 2.31. The lowest BCUT2D eigenvalue weighted by Crippen LogP contribution is -2.37. The smallest absolute Gasteiger partial charge is 0.118 e. The van der Waals surface area contributed by atoms with Gasteiger partial charge in [-0.1, -0.05) is 0 Å². The maximum absolute atomic E-state index is 12.2. The molecule has 3 heteroatoms. The molecule has 0 aromatic heterocycles. The van der Waals surface area contributed by atoms with E-state index in [0.717, 1.165) is 12.8 Å². The van der Waals surface area contributed by atoms with Crippen LogP contribution in [-0.4, -0.2) is 23.9 Å². The second-order valence-electron chi connectivity index (χ2n) is 3.54. The van der Waals surface area contributed by atoms with Gasteiger partial charge >= 0.3 is 0 Å². The highest BCUT2D eigenvalue weighted by molar-refractivity contribution is 4.84. The number of hydrogen-bond donors (Lipinski definition) is 2. The van der Waals surface area contributed by atoms with E-state index in [9.17, 15) is 9.50 Å². The zero-order chi connectivity index (χ0) is 8.32. The molecule has 0 heterocycles. The third-order valence-corrected chi connectivity index (χ3v) is 2.62. The maximum atomic E-state index is 12.2. The molecule has 1 aliphatic rings. The molecule has 0 aliphatic heterocycles. The van der Waals surface area contributed by atoms with Crippen molar-refractivity contribution in [3.05, 3.63) is 0 Å². The quantitative estimate of drug-likeness (QED) is 0.630. The standard InChI is InChI=1S/C8H16FNO/c9-6-8(11)3-1-7(5-10)2-4-8/h7,11H,1-6,10H2. The van der Waals surface area contributed by atoms with Crippen molar-refractivity contribution in [3.63, 3.8) is 0 Å². The molecule has 0 amide bonds. The predicted octanol–water partition coefficient (Wildman–Crippen LogP) is 0.836. The monoisotopic (exact) mass is 161 g/mol. The van der Waals surface area contributed by atoms with Crippen LogP contribution >= 0.6 is 0 Å². The van der Waals surface area contributed by atoms with E-state index in [1.807, 2.05) is 0 Å². The van der Waals surface area contributed by atoms with Gasteiger partial charge < -0.3 is 10.8 Å². The van der Waals surface area contributed by atoms with E-state index in [4.69, 9.17) is 5.73 Å². The molecule has 0 atom stereocenters. The minimum atomic E-state index is -1.02. The molecule has 0 unspecified atom stereocenters. The average Bonchev–Trinajstić information content (AvgIpc) is 2.06. The van der Waals surface area contributed by atoms with E-state index in [2.05, 4.69) is 0 Å². The topological polar surface area (TPSA) is 46.2 Å². The minimum absolute atomic E-state index is 0.502. The van der Waals surface area contributed by atoms with Crippen LogP contribution in [0.15, 0.2) is 0 Å². The Morgan fingerprint density at radius 1 is 1.45 bits per heavy atom. The molecule has 1 fully saturated rings. The highest BCUT2D eigenvalue weighted by Gasteiger charge is 2.32. The van der Waals surface area contributed by atoms with Crippen molar-refractivity contribution in [2.75, 3.05) is 13.2 Å². The van der Waals surface area contributed by atoms with Crippen LogP contribution in [0.1, 0.15) is 25.7 Å². The fourth-order valence-corrected chi connectivity index (χ4v) is 1.58. The molecule has 1 aliphatic carbocycles. The van der Waals surface area contributed by atoms with Gasteiger partial charge in [0.05, 0.1) is 5.60 Å². The SMILES string of the molecule is NCC1CCC(O)(CF)CC1. The number of halogens is 1. The summed E-state index contributed by atoms with van der Waals surface area (Å²) in [6.07, 6.45) is 2.89. The van der Waals surface area contributed by atoms with Gasteiger partial charge in [-0.05, 0) is 38.1 Å². The molecule has 66 valence electrons. The molecule has 0 aromatic rings. The third kappa shape index (κ3) is 2.14. The Bertz CT molecular complexity index is 121. The van der Waals surface area contributed by atoms with Crippen LogP contribution in [0.2, 0.25) is 0 Å². The summed E-state index contributed by atoms with van der Waals surface area (Å²) < 4.78 is 12.2. The average molecular weight is 161 g/mol. The summed E-state index contributed by atoms with van der Waals surface area (Å²) in [5.74, 6) is 0.502. The molecule has 2 nitrogen and oxygen atoms in total. The lowest BCUT2D eigenvalue weighted by molar-refractivity contribution is -0.0274. The van der Waals surface area contributed by atoms with Crippen LogP contribution in [0, 0.1) is 5.92 Å². The molecule has 1 saturated carbocycles. The third-order valence-electron chi connectivity index (χ3n) is 2.62. The van der Waals surface area contributed by atoms with E-state index in [-0.39, 0.29) is 0 Å². The molecule has 0 bridgehead atoms. The Hall–Kier alpha value is -0.150. The Labute approximate surface area is 66.6 Å². The summed E-state index contributed by atoms with van der Waals surface area (Å²) in [6.45, 7) is 0.0622. The van der Waals surface area contributed by atoms with E-state index >= 15 is 0 Å². The first-order chi connectivity index (χ1) is 5.20. The second-order valence-corrected chi connectivity index (χ2v) is 3.54. The first kappa shape index (κ1) is 8.94. The largest absolute Gasteiger partial charge is 0.387 e. The molecule has 0 saturated heterocycles. The number of hydrogen-bond acceptors (Lipinski definition) is 2. The summed E-state index contributed by atoms with van der Waals surface area (Å²) in [5.41, 5.74) is 4.44. The van der Waals surface area contributed by atoms with E-state index in [1.54, 1.807) is 0 Å². The van der Waals surface area contributed by atoms with Gasteiger partial charge in [-0.25, -0.2) is 4.39 Å². The van der Waals surface area contributed by atoms with Crippen LogP contribution in [-0.2, 0) is 0 Å². The zero-order valence-electron chi connectivity index (χ0n) is 6.72. The fraction of sp³-hybridized carbons (Fsp3) is 1.00. The van der Waals surface area contributed by atoms with Gasteiger partial charge in [0, 0.05) is 0 Å². The van der Waals surface area contributed by atoms with Crippen molar-refractivity contribution >= 4 is 0 Å². The Balaban J connectivity index is 2.35. The van der Waals surface area contributed by atoms with E-state index < -0.39 is 12.3 Å². The molecule has 11 heavy (non-hydrogen) atoms.